The Kier molecular flexibility index (Phi) is 8.76. The molecule has 8 aromatic carbocycles. The smallest absolute Gasteiger partial charge is 0.164 e. The van der Waals surface area contributed by atoms with E-state index < -0.39 is 0 Å². The Labute approximate surface area is 370 Å². The van der Waals surface area contributed by atoms with Crippen LogP contribution in [0, 0.1) is 0 Å². The zero-order valence-corrected chi connectivity index (χ0v) is 35.8. The monoisotopic (exact) mass is 809 g/mol. The fourth-order valence-corrected chi connectivity index (χ4v) is 11.1. The topological polar surface area (TPSA) is 38.7 Å². The summed E-state index contributed by atoms with van der Waals surface area (Å²) in [6.07, 6.45) is 6.42. The summed E-state index contributed by atoms with van der Waals surface area (Å²) in [6, 6.07) is 68.4. The van der Waals surface area contributed by atoms with Crippen molar-refractivity contribution in [1.29, 1.82) is 0 Å². The number of fused-ring (bicyclic) bond motifs is 8. The lowest BCUT2D eigenvalue weighted by molar-refractivity contribution is 0.353. The Hall–Kier alpha value is -7.23. The molecule has 0 radical (unpaired) electrons. The van der Waals surface area contributed by atoms with E-state index in [1.54, 1.807) is 11.1 Å². The van der Waals surface area contributed by atoms with Crippen LogP contribution < -0.4 is 0 Å². The second-order valence-corrected chi connectivity index (χ2v) is 18.3. The molecule has 0 unspecified atom stereocenters. The highest BCUT2D eigenvalue weighted by Gasteiger charge is 2.46. The van der Waals surface area contributed by atoms with Crippen LogP contribution >= 0.6 is 0 Å². The SMILES string of the molecule is CC1(C)c2ccc(-c3cccc(-c4cccc(-c5nc(-c6ccccc6)nc(-c6ccc(-c7ccccc7)cc6)n5)c4)c3)cc2-c2cc3c(cc21)-c1ccccc1C31CCCCC1. The van der Waals surface area contributed by atoms with Crippen molar-refractivity contribution in [2.24, 2.45) is 0 Å². The lowest BCUT2D eigenvalue weighted by Gasteiger charge is -2.36. The van der Waals surface area contributed by atoms with E-state index in [9.17, 15) is 0 Å². The molecule has 0 N–H and O–H groups in total. The zero-order chi connectivity index (χ0) is 42.1. The highest BCUT2D eigenvalue weighted by Crippen LogP contribution is 2.60. The van der Waals surface area contributed by atoms with Gasteiger partial charge < -0.3 is 0 Å². The maximum Gasteiger partial charge on any atom is 0.164 e. The molecule has 0 saturated heterocycles. The van der Waals surface area contributed by atoms with Gasteiger partial charge in [-0.05, 0) is 121 Å². The normalized spacial score (nSPS) is 15.1. The van der Waals surface area contributed by atoms with Crippen molar-refractivity contribution >= 4 is 0 Å². The first kappa shape index (κ1) is 37.5. The number of rotatable bonds is 6. The van der Waals surface area contributed by atoms with E-state index >= 15 is 0 Å². The molecule has 1 spiro atoms. The summed E-state index contributed by atoms with van der Waals surface area (Å²) in [7, 11) is 0. The van der Waals surface area contributed by atoms with Crippen LogP contribution in [-0.2, 0) is 10.8 Å². The molecule has 0 atom stereocenters. The lowest BCUT2D eigenvalue weighted by atomic mass is 9.67. The summed E-state index contributed by atoms with van der Waals surface area (Å²) < 4.78 is 0. The quantitative estimate of drug-likeness (QED) is 0.168. The van der Waals surface area contributed by atoms with Gasteiger partial charge in [-0.2, -0.15) is 0 Å². The summed E-state index contributed by atoms with van der Waals surface area (Å²) in [5.74, 6) is 1.95. The summed E-state index contributed by atoms with van der Waals surface area (Å²) in [5, 5.41) is 0. The van der Waals surface area contributed by atoms with Gasteiger partial charge in [0.15, 0.2) is 17.5 Å². The molecular formula is C60H47N3. The fraction of sp³-hybridized carbons (Fsp3) is 0.150. The van der Waals surface area contributed by atoms with E-state index in [1.165, 1.54) is 82.2 Å². The van der Waals surface area contributed by atoms with Crippen molar-refractivity contribution in [1.82, 2.24) is 15.0 Å². The highest BCUT2D eigenvalue weighted by atomic mass is 15.0. The summed E-state index contributed by atoms with van der Waals surface area (Å²) in [6.45, 7) is 4.82. The third kappa shape index (κ3) is 6.21. The van der Waals surface area contributed by atoms with Crippen molar-refractivity contribution < 1.29 is 0 Å². The molecular weight excluding hydrogens is 763 g/mol. The maximum atomic E-state index is 5.10. The van der Waals surface area contributed by atoms with Crippen LogP contribution in [0.1, 0.15) is 68.2 Å². The number of hydrogen-bond donors (Lipinski definition) is 0. The average molecular weight is 810 g/mol. The van der Waals surface area contributed by atoms with Gasteiger partial charge in [0, 0.05) is 27.5 Å². The first-order chi connectivity index (χ1) is 30.9. The highest BCUT2D eigenvalue weighted by molar-refractivity contribution is 5.91. The molecule has 1 heterocycles. The second-order valence-electron chi connectivity index (χ2n) is 18.3. The molecule has 1 aromatic heterocycles. The number of aromatic nitrogens is 3. The van der Waals surface area contributed by atoms with Crippen molar-refractivity contribution in [3.63, 3.8) is 0 Å². The van der Waals surface area contributed by atoms with E-state index in [4.69, 9.17) is 15.0 Å². The minimum atomic E-state index is -0.0847. The molecule has 9 aromatic rings. The van der Waals surface area contributed by atoms with Crippen LogP contribution in [0.25, 0.3) is 89.8 Å². The van der Waals surface area contributed by atoms with Crippen LogP contribution in [0.2, 0.25) is 0 Å². The maximum absolute atomic E-state index is 5.10. The number of nitrogens with zero attached hydrogens (tertiary/aromatic N) is 3. The molecule has 1 saturated carbocycles. The molecule has 3 aliphatic rings. The molecule has 3 heteroatoms. The molecule has 3 aliphatic carbocycles. The summed E-state index contributed by atoms with van der Waals surface area (Å²) in [4.78, 5) is 15.2. The van der Waals surface area contributed by atoms with Gasteiger partial charge in [0.25, 0.3) is 0 Å². The third-order valence-electron chi connectivity index (χ3n) is 14.3. The largest absolute Gasteiger partial charge is 0.208 e. The lowest BCUT2D eigenvalue weighted by Crippen LogP contribution is -2.28. The molecule has 63 heavy (non-hydrogen) atoms. The number of hydrogen-bond acceptors (Lipinski definition) is 3. The van der Waals surface area contributed by atoms with E-state index in [2.05, 4.69) is 178 Å². The summed E-state index contributed by atoms with van der Waals surface area (Å²) >= 11 is 0. The first-order valence-corrected chi connectivity index (χ1v) is 22.6. The average Bonchev–Trinajstić information content (AvgIpc) is 3.74. The van der Waals surface area contributed by atoms with Gasteiger partial charge >= 0.3 is 0 Å². The van der Waals surface area contributed by atoms with Gasteiger partial charge in [-0.25, -0.2) is 15.0 Å². The van der Waals surface area contributed by atoms with Gasteiger partial charge in [-0.1, -0.05) is 191 Å². The fourth-order valence-electron chi connectivity index (χ4n) is 11.1. The van der Waals surface area contributed by atoms with Crippen molar-refractivity contribution in [2.75, 3.05) is 0 Å². The van der Waals surface area contributed by atoms with Crippen LogP contribution in [0.15, 0.2) is 188 Å². The molecule has 0 aliphatic heterocycles. The third-order valence-corrected chi connectivity index (χ3v) is 14.3. The van der Waals surface area contributed by atoms with Crippen LogP contribution in [-0.4, -0.2) is 15.0 Å². The van der Waals surface area contributed by atoms with Gasteiger partial charge in [-0.15, -0.1) is 0 Å². The molecule has 3 nitrogen and oxygen atoms in total. The van der Waals surface area contributed by atoms with Gasteiger partial charge in [-0.3, -0.25) is 0 Å². The van der Waals surface area contributed by atoms with E-state index in [1.807, 2.05) is 24.3 Å². The molecule has 12 rings (SSSR count). The zero-order valence-electron chi connectivity index (χ0n) is 35.8. The standard InChI is InChI=1S/C60H47N3/c1-59(2)52-31-30-46(36-49(52)51-38-55-50(37-54(51)59)48-24-10-11-25-53(48)60(55)32-12-5-13-33-60)44-21-14-20-43(34-44)45-22-15-23-47(35-45)58-62-56(41-18-8-4-9-19-41)61-57(63-58)42-28-26-40(27-29-42)39-16-6-3-7-17-39/h3-4,6-11,14-31,34-38H,5,12-13,32-33H2,1-2H3. The Bertz CT molecular complexity index is 3210. The van der Waals surface area contributed by atoms with Crippen LogP contribution in [0.3, 0.4) is 0 Å². The number of benzene rings is 8. The predicted octanol–water partition coefficient (Wildman–Crippen LogP) is 15.4. The van der Waals surface area contributed by atoms with Crippen LogP contribution in [0.5, 0.6) is 0 Å². The van der Waals surface area contributed by atoms with E-state index in [-0.39, 0.29) is 10.8 Å². The van der Waals surface area contributed by atoms with Gasteiger partial charge in [0.05, 0.1) is 0 Å². The second kappa shape index (κ2) is 14.7. The minimum absolute atomic E-state index is 0.0847. The van der Waals surface area contributed by atoms with E-state index in [0.717, 1.165) is 33.4 Å². The Balaban J connectivity index is 0.906. The first-order valence-electron chi connectivity index (χ1n) is 22.6. The van der Waals surface area contributed by atoms with Gasteiger partial charge in [0.2, 0.25) is 0 Å². The predicted molar refractivity (Wildman–Crippen MR) is 259 cm³/mol. The van der Waals surface area contributed by atoms with Crippen molar-refractivity contribution in [3.8, 4) is 89.8 Å². The Morgan fingerprint density at radius 3 is 1.43 bits per heavy atom. The molecule has 0 amide bonds. The van der Waals surface area contributed by atoms with Crippen LogP contribution in [0.4, 0.5) is 0 Å². The summed E-state index contributed by atoms with van der Waals surface area (Å²) in [5.41, 5.74) is 21.6. The Morgan fingerprint density at radius 2 is 0.746 bits per heavy atom. The van der Waals surface area contributed by atoms with Gasteiger partial charge in [0.1, 0.15) is 0 Å². The molecule has 302 valence electrons. The van der Waals surface area contributed by atoms with Crippen molar-refractivity contribution in [2.45, 2.75) is 56.8 Å². The molecule has 1 fully saturated rings. The Morgan fingerprint density at radius 1 is 0.302 bits per heavy atom. The molecule has 0 bridgehead atoms. The minimum Gasteiger partial charge on any atom is -0.208 e. The van der Waals surface area contributed by atoms with E-state index in [0.29, 0.717) is 17.5 Å². The van der Waals surface area contributed by atoms with Crippen molar-refractivity contribution in [3.05, 3.63) is 210 Å².